The van der Waals surface area contributed by atoms with Crippen LogP contribution in [-0.2, 0) is 9.59 Å². The molecule has 7 nitrogen and oxygen atoms in total. The molecule has 1 N–H and O–H groups in total. The monoisotopic (exact) mass is 472 g/mol. The molecule has 0 saturated carbocycles. The minimum Gasteiger partial charge on any atom is -0.507 e. The number of hydrogen-bond donors (Lipinski definition) is 1. The summed E-state index contributed by atoms with van der Waals surface area (Å²) in [5.74, 6) is -0.809. The van der Waals surface area contributed by atoms with Gasteiger partial charge in [-0.1, -0.05) is 34.4 Å². The molecule has 2 aromatic carbocycles. The zero-order valence-electron chi connectivity index (χ0n) is 17.1. The normalized spacial score (nSPS) is 17.8. The lowest BCUT2D eigenvalue weighted by Crippen LogP contribution is -2.29. The highest BCUT2D eigenvalue weighted by atomic mass is 35.5. The van der Waals surface area contributed by atoms with E-state index in [1.807, 2.05) is 6.92 Å². The molecule has 1 aliphatic rings. The lowest BCUT2D eigenvalue weighted by molar-refractivity contribution is -0.132. The van der Waals surface area contributed by atoms with Crippen LogP contribution in [0.2, 0.25) is 10.0 Å². The molecule has 1 fully saturated rings. The van der Waals surface area contributed by atoms with Crippen molar-refractivity contribution in [1.29, 1.82) is 0 Å². The van der Waals surface area contributed by atoms with E-state index < -0.39 is 17.7 Å². The Morgan fingerprint density at radius 3 is 2.44 bits per heavy atom. The van der Waals surface area contributed by atoms with E-state index in [4.69, 9.17) is 32.5 Å². The summed E-state index contributed by atoms with van der Waals surface area (Å²) in [6.07, 6.45) is 0. The average Bonchev–Trinajstić information content (AvgIpc) is 3.31. The zero-order chi connectivity index (χ0) is 23.0. The second kappa shape index (κ2) is 8.68. The van der Waals surface area contributed by atoms with Gasteiger partial charge in [-0.2, -0.15) is 0 Å². The average molecular weight is 473 g/mol. The number of aliphatic hydroxyl groups excluding tert-OH is 1. The molecule has 2 heterocycles. The minimum absolute atomic E-state index is 0.0989. The smallest absolute Gasteiger partial charge is 0.301 e. The van der Waals surface area contributed by atoms with Crippen LogP contribution in [0.1, 0.15) is 29.9 Å². The number of ether oxygens (including phenoxy) is 1. The van der Waals surface area contributed by atoms with Gasteiger partial charge in [0.15, 0.2) is 5.82 Å². The Bertz CT molecular complexity index is 1230. The predicted octanol–water partition coefficient (Wildman–Crippen LogP) is 5.31. The van der Waals surface area contributed by atoms with Gasteiger partial charge in [0.05, 0.1) is 28.3 Å². The summed E-state index contributed by atoms with van der Waals surface area (Å²) >= 11 is 12.3. The number of halogens is 2. The van der Waals surface area contributed by atoms with Crippen LogP contribution in [0.4, 0.5) is 5.82 Å². The van der Waals surface area contributed by atoms with Crippen LogP contribution in [0.3, 0.4) is 0 Å². The molecular weight excluding hydrogens is 455 g/mol. The Hall–Kier alpha value is -3.29. The van der Waals surface area contributed by atoms with Crippen LogP contribution in [0.5, 0.6) is 5.75 Å². The van der Waals surface area contributed by atoms with Crippen LogP contribution in [-0.4, -0.2) is 28.6 Å². The highest BCUT2D eigenvalue weighted by Gasteiger charge is 2.48. The molecule has 9 heteroatoms. The number of benzene rings is 2. The molecule has 32 heavy (non-hydrogen) atoms. The highest BCUT2D eigenvalue weighted by molar-refractivity contribution is 6.51. The predicted molar refractivity (Wildman–Crippen MR) is 120 cm³/mol. The molecule has 1 aromatic heterocycles. The van der Waals surface area contributed by atoms with E-state index in [2.05, 4.69) is 5.16 Å². The highest BCUT2D eigenvalue weighted by Crippen LogP contribution is 2.43. The molecule has 0 radical (unpaired) electrons. The van der Waals surface area contributed by atoms with E-state index in [0.29, 0.717) is 34.3 Å². The Balaban J connectivity index is 1.90. The number of nitrogens with zero attached hydrogens (tertiary/aromatic N) is 2. The largest absolute Gasteiger partial charge is 0.507 e. The SMILES string of the molecule is CCOc1ccc(C(O)=C2C(=O)C(=O)N(c3cc(C)on3)[C@@H]2c2ccc(Cl)c(Cl)c2)cc1. The van der Waals surface area contributed by atoms with E-state index >= 15 is 0 Å². The van der Waals surface area contributed by atoms with E-state index in [1.165, 1.54) is 11.0 Å². The molecule has 4 rings (SSSR count). The molecule has 1 saturated heterocycles. The summed E-state index contributed by atoms with van der Waals surface area (Å²) < 4.78 is 10.5. The maximum Gasteiger partial charge on any atom is 0.301 e. The number of hydrogen-bond acceptors (Lipinski definition) is 6. The van der Waals surface area contributed by atoms with Gasteiger partial charge in [0.25, 0.3) is 5.78 Å². The Labute approximate surface area is 193 Å². The summed E-state index contributed by atoms with van der Waals surface area (Å²) in [4.78, 5) is 27.2. The maximum atomic E-state index is 13.1. The van der Waals surface area contributed by atoms with E-state index in [9.17, 15) is 14.7 Å². The first-order valence-corrected chi connectivity index (χ1v) is 10.5. The van der Waals surface area contributed by atoms with Gasteiger partial charge in [-0.05, 0) is 55.8 Å². The molecule has 1 atom stereocenters. The van der Waals surface area contributed by atoms with E-state index in [-0.39, 0.29) is 22.2 Å². The fourth-order valence-electron chi connectivity index (χ4n) is 3.56. The van der Waals surface area contributed by atoms with E-state index in [1.54, 1.807) is 49.4 Å². The third-order valence-electron chi connectivity index (χ3n) is 5.00. The lowest BCUT2D eigenvalue weighted by atomic mass is 9.95. The number of anilines is 1. The number of aryl methyl sites for hydroxylation is 1. The van der Waals surface area contributed by atoms with E-state index in [0.717, 1.165) is 0 Å². The van der Waals surface area contributed by atoms with Crippen molar-refractivity contribution < 1.29 is 24.0 Å². The number of rotatable bonds is 5. The molecule has 0 unspecified atom stereocenters. The molecule has 0 bridgehead atoms. The van der Waals surface area contributed by atoms with Gasteiger partial charge >= 0.3 is 5.91 Å². The van der Waals surface area contributed by atoms with Crippen molar-refractivity contribution in [3.63, 3.8) is 0 Å². The quantitative estimate of drug-likeness (QED) is 0.307. The number of ketones is 1. The second-order valence-corrected chi connectivity index (χ2v) is 7.91. The van der Waals surface area contributed by atoms with Crippen LogP contribution >= 0.6 is 23.2 Å². The summed E-state index contributed by atoms with van der Waals surface area (Å²) in [6, 6.07) is 11.9. The van der Waals surface area contributed by atoms with Gasteiger partial charge in [-0.25, -0.2) is 0 Å². The maximum absolute atomic E-state index is 13.1. The Morgan fingerprint density at radius 2 is 1.84 bits per heavy atom. The summed E-state index contributed by atoms with van der Waals surface area (Å²) in [5.41, 5.74) is 0.734. The summed E-state index contributed by atoms with van der Waals surface area (Å²) in [6.45, 7) is 4.02. The van der Waals surface area contributed by atoms with Crippen molar-refractivity contribution in [2.24, 2.45) is 0 Å². The fraction of sp³-hybridized carbons (Fsp3) is 0.174. The molecule has 0 spiro atoms. The van der Waals surface area contributed by atoms with Crippen LogP contribution in [0.15, 0.2) is 58.6 Å². The summed E-state index contributed by atoms with van der Waals surface area (Å²) in [7, 11) is 0. The Kier molecular flexibility index (Phi) is 5.95. The first kappa shape index (κ1) is 21.9. The summed E-state index contributed by atoms with van der Waals surface area (Å²) in [5, 5.41) is 15.5. The third-order valence-corrected chi connectivity index (χ3v) is 5.74. The standard InChI is InChI=1S/C23H18Cl2N2O5/c1-3-31-15-7-4-13(5-8-15)21(28)19-20(14-6-9-16(24)17(25)11-14)27(23(30)22(19)29)18-10-12(2)32-26-18/h4-11,20,28H,3H2,1-2H3/t20-/m1/s1. The molecule has 3 aromatic rings. The van der Waals surface area contributed by atoms with Crippen molar-refractivity contribution in [3.05, 3.63) is 81.0 Å². The molecule has 1 amide bonds. The number of carbonyl (C=O) groups excluding carboxylic acids is 2. The van der Waals surface area contributed by atoms with Crippen LogP contribution < -0.4 is 9.64 Å². The van der Waals surface area contributed by atoms with Crippen LogP contribution in [0, 0.1) is 6.92 Å². The van der Waals surface area contributed by atoms with Gasteiger partial charge in [0.1, 0.15) is 17.3 Å². The first-order chi connectivity index (χ1) is 15.3. The molecule has 0 aliphatic carbocycles. The van der Waals surface area contributed by atoms with Gasteiger partial charge < -0.3 is 14.4 Å². The number of carbonyl (C=O) groups is 2. The number of aliphatic hydroxyl groups is 1. The molecular formula is C23H18Cl2N2O5. The van der Waals surface area contributed by atoms with Gasteiger partial charge in [0.2, 0.25) is 0 Å². The second-order valence-electron chi connectivity index (χ2n) is 7.10. The number of amides is 1. The van der Waals surface area contributed by atoms with Gasteiger partial charge in [-0.3, -0.25) is 14.5 Å². The Morgan fingerprint density at radius 1 is 1.12 bits per heavy atom. The molecule has 1 aliphatic heterocycles. The van der Waals surface area contributed by atoms with Crippen molar-refractivity contribution in [2.75, 3.05) is 11.5 Å². The number of Topliss-reactive ketones (excluding diaryl/α,β-unsaturated/α-hetero) is 1. The fourth-order valence-corrected chi connectivity index (χ4v) is 3.87. The lowest BCUT2D eigenvalue weighted by Gasteiger charge is -2.23. The van der Waals surface area contributed by atoms with Crippen molar-refractivity contribution in [1.82, 2.24) is 5.16 Å². The zero-order valence-corrected chi connectivity index (χ0v) is 18.6. The van der Waals surface area contributed by atoms with Crippen molar-refractivity contribution >= 4 is 46.5 Å². The van der Waals surface area contributed by atoms with Crippen LogP contribution in [0.25, 0.3) is 5.76 Å². The molecule has 164 valence electrons. The minimum atomic E-state index is -0.985. The first-order valence-electron chi connectivity index (χ1n) is 9.74. The topological polar surface area (TPSA) is 92.9 Å². The third kappa shape index (κ3) is 3.85. The van der Waals surface area contributed by atoms with Gasteiger partial charge in [-0.15, -0.1) is 0 Å². The van der Waals surface area contributed by atoms with Crippen molar-refractivity contribution in [3.8, 4) is 5.75 Å². The van der Waals surface area contributed by atoms with Crippen molar-refractivity contribution in [2.45, 2.75) is 19.9 Å². The number of aromatic nitrogens is 1. The van der Waals surface area contributed by atoms with Gasteiger partial charge in [0, 0.05) is 11.6 Å².